The van der Waals surface area contributed by atoms with Gasteiger partial charge in [0.25, 0.3) is 0 Å². The minimum absolute atomic E-state index is 0.102. The van der Waals surface area contributed by atoms with Crippen molar-refractivity contribution in [2.75, 3.05) is 0 Å². The molecule has 8 heteroatoms. The number of alkyl carbamates (subject to hydrolysis) is 1. The van der Waals surface area contributed by atoms with Crippen LogP contribution in [0, 0.1) is 0 Å². The lowest BCUT2D eigenvalue weighted by Crippen LogP contribution is -2.30. The molecule has 1 aromatic carbocycles. The Morgan fingerprint density at radius 3 is 2.68 bits per heavy atom. The van der Waals surface area contributed by atoms with E-state index < -0.39 is 18.1 Å². The molecule has 1 atom stereocenters. The van der Waals surface area contributed by atoms with E-state index in [4.69, 9.17) is 21.4 Å². The zero-order valence-corrected chi connectivity index (χ0v) is 12.9. The zero-order chi connectivity index (χ0) is 15.9. The molecular weight excluding hydrogens is 328 g/mol. The summed E-state index contributed by atoms with van der Waals surface area (Å²) in [6, 6.07) is 8.39. The van der Waals surface area contributed by atoms with E-state index in [0.717, 1.165) is 16.9 Å². The van der Waals surface area contributed by atoms with E-state index in [1.807, 2.05) is 30.3 Å². The van der Waals surface area contributed by atoms with Crippen LogP contribution in [0.25, 0.3) is 0 Å². The first-order valence-electron chi connectivity index (χ1n) is 6.35. The summed E-state index contributed by atoms with van der Waals surface area (Å²) >= 11 is 6.90. The zero-order valence-electron chi connectivity index (χ0n) is 11.4. The first kappa shape index (κ1) is 16.3. The summed E-state index contributed by atoms with van der Waals surface area (Å²) in [6.45, 7) is 0.102. The van der Waals surface area contributed by atoms with Crippen LogP contribution in [0.3, 0.4) is 0 Å². The number of benzene rings is 1. The summed E-state index contributed by atoms with van der Waals surface area (Å²) in [5.41, 5.74) is 0.838. The summed E-state index contributed by atoms with van der Waals surface area (Å²) in [5, 5.41) is 11.8. The molecule has 0 spiro atoms. The fourth-order valence-electron chi connectivity index (χ4n) is 1.71. The molecule has 22 heavy (non-hydrogen) atoms. The highest BCUT2D eigenvalue weighted by molar-refractivity contribution is 7.15. The van der Waals surface area contributed by atoms with E-state index in [0.29, 0.717) is 9.34 Å². The van der Waals surface area contributed by atoms with Crippen molar-refractivity contribution in [2.24, 2.45) is 0 Å². The topological polar surface area (TPSA) is 88.5 Å². The van der Waals surface area contributed by atoms with Gasteiger partial charge >= 0.3 is 12.1 Å². The third kappa shape index (κ3) is 5.01. The van der Waals surface area contributed by atoms with Gasteiger partial charge in [-0.1, -0.05) is 41.9 Å². The summed E-state index contributed by atoms with van der Waals surface area (Å²) in [4.78, 5) is 26.7. The molecule has 0 saturated carbocycles. The van der Waals surface area contributed by atoms with Crippen LogP contribution in [0.4, 0.5) is 4.79 Å². The monoisotopic (exact) mass is 340 g/mol. The highest BCUT2D eigenvalue weighted by Gasteiger charge is 2.22. The van der Waals surface area contributed by atoms with Crippen LogP contribution in [0.5, 0.6) is 0 Å². The number of hydrogen-bond donors (Lipinski definition) is 2. The molecule has 1 aromatic heterocycles. The molecule has 0 aliphatic rings. The fraction of sp³-hybridized carbons (Fsp3) is 0.214. The molecule has 6 nitrogen and oxygen atoms in total. The van der Waals surface area contributed by atoms with E-state index in [-0.39, 0.29) is 13.0 Å². The van der Waals surface area contributed by atoms with Gasteiger partial charge in [0.05, 0.1) is 18.7 Å². The standard InChI is InChI=1S/C14H13ClN2O4S/c15-11-7-16-13(22-11)10(6-12(18)19)17-14(20)21-8-9-4-2-1-3-5-9/h1-5,7,10H,6,8H2,(H,17,20)(H,18,19)/t10-/m1/s1. The SMILES string of the molecule is O=C(O)C[C@@H](NC(=O)OCc1ccccc1)c1ncc(Cl)s1. The van der Waals surface area contributed by atoms with Gasteiger partial charge in [0.15, 0.2) is 0 Å². The number of carboxylic acids is 1. The van der Waals surface area contributed by atoms with Gasteiger partial charge in [-0.25, -0.2) is 9.78 Å². The molecule has 0 aliphatic heterocycles. The van der Waals surface area contributed by atoms with Gasteiger partial charge < -0.3 is 15.2 Å². The maximum atomic E-state index is 11.8. The highest BCUT2D eigenvalue weighted by Crippen LogP contribution is 2.26. The number of hydrogen-bond acceptors (Lipinski definition) is 5. The number of thiazole rings is 1. The average Bonchev–Trinajstić information content (AvgIpc) is 2.92. The van der Waals surface area contributed by atoms with E-state index in [1.54, 1.807) is 0 Å². The smallest absolute Gasteiger partial charge is 0.408 e. The van der Waals surface area contributed by atoms with E-state index in [1.165, 1.54) is 6.20 Å². The number of amides is 1. The fourth-order valence-corrected chi connectivity index (χ4v) is 2.69. The van der Waals surface area contributed by atoms with E-state index >= 15 is 0 Å². The van der Waals surface area contributed by atoms with Crippen LogP contribution in [0.15, 0.2) is 36.5 Å². The second-order valence-corrected chi connectivity index (χ2v) is 6.05. The third-order valence-electron chi connectivity index (χ3n) is 2.68. The van der Waals surface area contributed by atoms with Crippen molar-refractivity contribution in [1.29, 1.82) is 0 Å². The Morgan fingerprint density at radius 2 is 2.09 bits per heavy atom. The number of carboxylic acid groups (broad SMARTS) is 1. The van der Waals surface area contributed by atoms with Crippen LogP contribution >= 0.6 is 22.9 Å². The molecule has 2 aromatic rings. The Balaban J connectivity index is 1.94. The Labute approximate surface area is 135 Å². The minimum Gasteiger partial charge on any atom is -0.481 e. The van der Waals surface area contributed by atoms with Crippen molar-refractivity contribution in [3.05, 3.63) is 51.4 Å². The third-order valence-corrected chi connectivity index (χ3v) is 3.91. The molecule has 0 radical (unpaired) electrons. The van der Waals surface area contributed by atoms with E-state index in [2.05, 4.69) is 10.3 Å². The van der Waals surface area contributed by atoms with Crippen LogP contribution in [0.2, 0.25) is 4.34 Å². The molecule has 2 rings (SSSR count). The minimum atomic E-state index is -1.06. The van der Waals surface area contributed by atoms with Crippen LogP contribution < -0.4 is 5.32 Å². The first-order chi connectivity index (χ1) is 10.5. The van der Waals surface area contributed by atoms with Crippen LogP contribution in [0.1, 0.15) is 23.0 Å². The lowest BCUT2D eigenvalue weighted by Gasteiger charge is -2.14. The van der Waals surface area contributed by atoms with Crippen molar-refractivity contribution < 1.29 is 19.4 Å². The molecule has 0 saturated heterocycles. The number of ether oxygens (including phenoxy) is 1. The van der Waals surface area contributed by atoms with Gasteiger partial charge in [0.2, 0.25) is 0 Å². The Bertz CT molecular complexity index is 647. The number of nitrogens with one attached hydrogen (secondary N) is 1. The number of aromatic nitrogens is 1. The number of carbonyl (C=O) groups excluding carboxylic acids is 1. The Kier molecular flexibility index (Phi) is 5.74. The van der Waals surface area contributed by atoms with Crippen molar-refractivity contribution in [2.45, 2.75) is 19.1 Å². The normalized spacial score (nSPS) is 11.7. The summed E-state index contributed by atoms with van der Waals surface area (Å²) in [7, 11) is 0. The first-order valence-corrected chi connectivity index (χ1v) is 7.54. The molecule has 0 aliphatic carbocycles. The predicted molar refractivity (Wildman–Crippen MR) is 81.9 cm³/mol. The molecule has 0 unspecified atom stereocenters. The Hall–Kier alpha value is -2.12. The van der Waals surface area contributed by atoms with Crippen molar-refractivity contribution in [3.63, 3.8) is 0 Å². The van der Waals surface area contributed by atoms with Gasteiger partial charge in [-0.05, 0) is 5.56 Å². The number of carbonyl (C=O) groups is 2. The Morgan fingerprint density at radius 1 is 1.36 bits per heavy atom. The maximum Gasteiger partial charge on any atom is 0.408 e. The average molecular weight is 341 g/mol. The summed E-state index contributed by atoms with van der Waals surface area (Å²) < 4.78 is 5.49. The molecule has 0 fully saturated rings. The number of halogens is 1. The molecule has 116 valence electrons. The second-order valence-electron chi connectivity index (χ2n) is 4.36. The molecule has 0 bridgehead atoms. The highest BCUT2D eigenvalue weighted by atomic mass is 35.5. The lowest BCUT2D eigenvalue weighted by atomic mass is 10.2. The lowest BCUT2D eigenvalue weighted by molar-refractivity contribution is -0.137. The molecule has 2 N–H and O–H groups in total. The van der Waals surface area contributed by atoms with Crippen molar-refractivity contribution in [1.82, 2.24) is 10.3 Å². The maximum absolute atomic E-state index is 11.8. The van der Waals surface area contributed by atoms with E-state index in [9.17, 15) is 9.59 Å². The van der Waals surface area contributed by atoms with Gasteiger partial charge in [-0.15, -0.1) is 11.3 Å². The number of nitrogens with zero attached hydrogens (tertiary/aromatic N) is 1. The van der Waals surface area contributed by atoms with Gasteiger partial charge in [0.1, 0.15) is 16.0 Å². The quantitative estimate of drug-likeness (QED) is 0.842. The van der Waals surface area contributed by atoms with Gasteiger partial charge in [0, 0.05) is 0 Å². The summed E-state index contributed by atoms with van der Waals surface area (Å²) in [5.74, 6) is -1.06. The number of rotatable bonds is 6. The second kappa shape index (κ2) is 7.77. The van der Waals surface area contributed by atoms with Gasteiger partial charge in [-0.2, -0.15) is 0 Å². The van der Waals surface area contributed by atoms with Crippen molar-refractivity contribution in [3.8, 4) is 0 Å². The van der Waals surface area contributed by atoms with Crippen LogP contribution in [-0.4, -0.2) is 22.2 Å². The largest absolute Gasteiger partial charge is 0.481 e. The number of aliphatic carboxylic acids is 1. The van der Waals surface area contributed by atoms with Crippen molar-refractivity contribution >= 4 is 35.0 Å². The predicted octanol–water partition coefficient (Wildman–Crippen LogP) is 3.24. The van der Waals surface area contributed by atoms with Crippen LogP contribution in [-0.2, 0) is 16.1 Å². The summed E-state index contributed by atoms with van der Waals surface area (Å²) in [6.07, 6.45) is 0.402. The van der Waals surface area contributed by atoms with Gasteiger partial charge in [-0.3, -0.25) is 4.79 Å². The molecule has 1 heterocycles. The molecule has 1 amide bonds. The molecular formula is C14H13ClN2O4S.